The first-order valence-electron chi connectivity index (χ1n) is 12.2. The van der Waals surface area contributed by atoms with Gasteiger partial charge in [0.15, 0.2) is 0 Å². The number of aryl methyl sites for hydroxylation is 1. The molecule has 35 heavy (non-hydrogen) atoms. The van der Waals surface area contributed by atoms with Gasteiger partial charge in [-0.25, -0.2) is 0 Å². The molecule has 2 aliphatic rings. The molecule has 1 aliphatic heterocycles. The van der Waals surface area contributed by atoms with Crippen molar-refractivity contribution < 1.29 is 4.52 Å². The van der Waals surface area contributed by atoms with Crippen LogP contribution in [-0.4, -0.2) is 0 Å². The van der Waals surface area contributed by atoms with Gasteiger partial charge in [-0.15, -0.1) is 0 Å². The molecule has 0 bridgehead atoms. The molecule has 1 atom stereocenters. The van der Waals surface area contributed by atoms with Gasteiger partial charge in [-0.1, -0.05) is 0 Å². The molecule has 1 aliphatic carbocycles. The number of allylic oxidation sites excluding steroid dienone is 3. The summed E-state index contributed by atoms with van der Waals surface area (Å²) < 4.78 is 7.77. The van der Waals surface area contributed by atoms with Crippen LogP contribution in [-0.2, 0) is 4.52 Å². The minimum atomic E-state index is -3.54. The van der Waals surface area contributed by atoms with Gasteiger partial charge >= 0.3 is 213 Å². The van der Waals surface area contributed by atoms with E-state index in [1.165, 1.54) is 37.9 Å². The van der Waals surface area contributed by atoms with E-state index >= 15 is 0 Å². The molecule has 4 aromatic carbocycles. The van der Waals surface area contributed by atoms with Crippen LogP contribution in [0.4, 0.5) is 0 Å². The Kier molecular flexibility index (Phi) is 5.53. The van der Waals surface area contributed by atoms with E-state index in [0.717, 1.165) is 17.9 Å². The molecule has 0 amide bonds. The van der Waals surface area contributed by atoms with Crippen molar-refractivity contribution in [1.82, 2.24) is 0 Å². The van der Waals surface area contributed by atoms with Crippen molar-refractivity contribution in [3.05, 3.63) is 143 Å². The third-order valence-electron chi connectivity index (χ3n) is 7.49. The Morgan fingerprint density at radius 3 is 1.83 bits per heavy atom. The van der Waals surface area contributed by atoms with E-state index in [-0.39, 0.29) is 6.10 Å². The van der Waals surface area contributed by atoms with Gasteiger partial charge in [0.1, 0.15) is 0 Å². The molecule has 0 N–H and O–H groups in total. The molecule has 0 spiro atoms. The Balaban J connectivity index is 1.78. The summed E-state index contributed by atoms with van der Waals surface area (Å²) in [5.41, 5.74) is 3.79. The van der Waals surface area contributed by atoms with Crippen LogP contribution in [0.25, 0.3) is 0 Å². The topological polar surface area (TPSA) is 9.23 Å². The number of hydrogen-bond donors (Lipinski definition) is 0. The second kappa shape index (κ2) is 8.61. The molecule has 0 saturated carbocycles. The molecular weight excluding hydrogens is 467 g/mol. The van der Waals surface area contributed by atoms with Crippen LogP contribution in [0.2, 0.25) is 0 Å². The van der Waals surface area contributed by atoms with Gasteiger partial charge in [-0.2, -0.15) is 0 Å². The van der Waals surface area contributed by atoms with Crippen LogP contribution in [0.15, 0.2) is 132 Å². The fourth-order valence-corrected chi connectivity index (χ4v) is 12.1. The number of halogens is 1. The van der Waals surface area contributed by atoms with Crippen molar-refractivity contribution in [3.8, 4) is 0 Å². The van der Waals surface area contributed by atoms with E-state index < -0.39 is 6.83 Å². The van der Waals surface area contributed by atoms with E-state index in [1.54, 1.807) is 0 Å². The van der Waals surface area contributed by atoms with Crippen molar-refractivity contribution >= 4 is 39.6 Å². The minimum absolute atomic E-state index is 0.133. The second-order valence-electron chi connectivity index (χ2n) is 9.44. The molecule has 6 rings (SSSR count). The third-order valence-corrected chi connectivity index (χ3v) is 13.6. The van der Waals surface area contributed by atoms with Crippen LogP contribution in [0.1, 0.15) is 30.1 Å². The van der Waals surface area contributed by atoms with Crippen molar-refractivity contribution in [1.29, 1.82) is 0 Å². The first kappa shape index (κ1) is 22.5. The fourth-order valence-electron chi connectivity index (χ4n) is 5.84. The first-order valence-corrected chi connectivity index (χ1v) is 14.7. The summed E-state index contributed by atoms with van der Waals surface area (Å²) in [5, 5.41) is 5.90. The average molecular weight is 495 g/mol. The summed E-state index contributed by atoms with van der Waals surface area (Å²) in [7, 11) is 0. The van der Waals surface area contributed by atoms with Crippen molar-refractivity contribution in [2.75, 3.05) is 0 Å². The normalized spacial score (nSPS) is 21.2. The molecular formula is C32H28ClOP. The maximum atomic E-state index is 7.77. The SMILES string of the molecule is Cc1ccc(P2(c3ccccc3)(c3ccccc3)OC(C3=CC=C(Cl)CC3)c3ccccc32)cc1. The van der Waals surface area contributed by atoms with Crippen LogP contribution in [0.3, 0.4) is 0 Å². The average Bonchev–Trinajstić information content (AvgIpc) is 3.24. The zero-order valence-electron chi connectivity index (χ0n) is 19.8. The van der Waals surface area contributed by atoms with Gasteiger partial charge in [-0.05, 0) is 0 Å². The molecule has 4 aromatic rings. The van der Waals surface area contributed by atoms with Gasteiger partial charge in [0.05, 0.1) is 0 Å². The zero-order valence-corrected chi connectivity index (χ0v) is 21.4. The van der Waals surface area contributed by atoms with Crippen LogP contribution >= 0.6 is 18.4 Å². The third kappa shape index (κ3) is 3.23. The molecule has 174 valence electrons. The van der Waals surface area contributed by atoms with Crippen LogP contribution < -0.4 is 21.2 Å². The molecule has 1 nitrogen and oxygen atoms in total. The van der Waals surface area contributed by atoms with E-state index in [9.17, 15) is 0 Å². The Morgan fingerprint density at radius 2 is 1.23 bits per heavy atom. The first-order chi connectivity index (χ1) is 17.1. The predicted octanol–water partition coefficient (Wildman–Crippen LogP) is 6.98. The van der Waals surface area contributed by atoms with Gasteiger partial charge in [0, 0.05) is 0 Å². The van der Waals surface area contributed by atoms with Gasteiger partial charge in [0.2, 0.25) is 0 Å². The summed E-state index contributed by atoms with van der Waals surface area (Å²) in [6.07, 6.45) is 5.84. The molecule has 0 aromatic heterocycles. The summed E-state index contributed by atoms with van der Waals surface area (Å²) in [5.74, 6) is 0. The predicted molar refractivity (Wildman–Crippen MR) is 151 cm³/mol. The Hall–Kier alpha value is -2.96. The van der Waals surface area contributed by atoms with E-state index in [1.807, 2.05) is 6.08 Å². The molecule has 1 unspecified atom stereocenters. The van der Waals surface area contributed by atoms with Crippen LogP contribution in [0.5, 0.6) is 0 Å². The van der Waals surface area contributed by atoms with Crippen molar-refractivity contribution in [2.45, 2.75) is 25.9 Å². The van der Waals surface area contributed by atoms with E-state index in [4.69, 9.17) is 16.1 Å². The molecule has 0 radical (unpaired) electrons. The van der Waals surface area contributed by atoms with E-state index in [2.05, 4.69) is 122 Å². The quantitative estimate of drug-likeness (QED) is 0.278. The monoisotopic (exact) mass is 494 g/mol. The molecule has 0 fully saturated rings. The van der Waals surface area contributed by atoms with Gasteiger partial charge in [0.25, 0.3) is 0 Å². The Bertz CT molecular complexity index is 1400. The standard InChI is InChI=1S/C32H28ClOP/c1-24-16-22-29(23-17-24)35(27-10-4-2-5-11-27,28-12-6-3-7-13-28)31-15-9-8-14-30(31)32(34-35)25-18-20-26(33)21-19-25/h2-18,20,22-23,32H,19,21H2,1H3. The van der Waals surface area contributed by atoms with Crippen molar-refractivity contribution in [3.63, 3.8) is 0 Å². The van der Waals surface area contributed by atoms with Crippen molar-refractivity contribution in [2.24, 2.45) is 0 Å². The zero-order chi connectivity index (χ0) is 23.9. The molecule has 0 saturated heterocycles. The summed E-state index contributed by atoms with van der Waals surface area (Å²) in [4.78, 5) is 0. The van der Waals surface area contributed by atoms with Crippen LogP contribution in [0, 0.1) is 6.92 Å². The van der Waals surface area contributed by atoms with Gasteiger partial charge in [-0.3, -0.25) is 0 Å². The summed E-state index contributed by atoms with van der Waals surface area (Å²) >= 11 is 6.36. The summed E-state index contributed by atoms with van der Waals surface area (Å²) in [6, 6.07) is 39.7. The Labute approximate surface area is 212 Å². The van der Waals surface area contributed by atoms with Gasteiger partial charge < -0.3 is 0 Å². The number of benzene rings is 4. The number of rotatable bonds is 4. The number of fused-ring (bicyclic) bond motifs is 1. The second-order valence-corrected chi connectivity index (χ2v) is 14.2. The maximum absolute atomic E-state index is 7.77. The number of hydrogen-bond acceptors (Lipinski definition) is 1. The molecule has 3 heteroatoms. The van der Waals surface area contributed by atoms with E-state index in [0.29, 0.717) is 0 Å². The molecule has 1 heterocycles. The summed E-state index contributed by atoms with van der Waals surface area (Å²) in [6.45, 7) is -1.40. The Morgan fingerprint density at radius 1 is 0.657 bits per heavy atom. The fraction of sp³-hybridized carbons (Fsp3) is 0.125.